The average molecular weight is 295 g/mol. The fourth-order valence-corrected chi connectivity index (χ4v) is 2.17. The summed E-state index contributed by atoms with van der Waals surface area (Å²) in [5.74, 6) is 1.37. The van der Waals surface area contributed by atoms with Gasteiger partial charge in [-0.1, -0.05) is 6.92 Å². The molecule has 1 aromatic carbocycles. The van der Waals surface area contributed by atoms with Crippen LogP contribution in [0.3, 0.4) is 0 Å². The topological polar surface area (TPSA) is 48.0 Å². The smallest absolute Gasteiger partial charge is 0.320 e. The SMILES string of the molecule is CCCN(CC(=O)OCC)Cc1cc(OC)ccc1OC. The maximum absolute atomic E-state index is 11.7. The quantitative estimate of drug-likeness (QED) is 0.655. The van der Waals surface area contributed by atoms with E-state index in [1.54, 1.807) is 14.2 Å². The third-order valence-corrected chi connectivity index (χ3v) is 3.08. The number of nitrogens with zero attached hydrogens (tertiary/aromatic N) is 1. The number of esters is 1. The Morgan fingerprint density at radius 1 is 1.19 bits per heavy atom. The molecular weight excluding hydrogens is 270 g/mol. The van der Waals surface area contributed by atoms with E-state index >= 15 is 0 Å². The molecule has 0 unspecified atom stereocenters. The zero-order chi connectivity index (χ0) is 15.7. The molecule has 0 saturated heterocycles. The molecule has 0 amide bonds. The van der Waals surface area contributed by atoms with Gasteiger partial charge in [-0.3, -0.25) is 9.69 Å². The molecule has 0 saturated carbocycles. The van der Waals surface area contributed by atoms with Crippen LogP contribution in [0.1, 0.15) is 25.8 Å². The van der Waals surface area contributed by atoms with Gasteiger partial charge in [-0.15, -0.1) is 0 Å². The Balaban J connectivity index is 2.84. The van der Waals surface area contributed by atoms with Gasteiger partial charge in [0.05, 0.1) is 27.4 Å². The van der Waals surface area contributed by atoms with Gasteiger partial charge in [0, 0.05) is 12.1 Å². The Morgan fingerprint density at radius 3 is 2.52 bits per heavy atom. The minimum absolute atomic E-state index is 0.201. The lowest BCUT2D eigenvalue weighted by Crippen LogP contribution is -2.31. The van der Waals surface area contributed by atoms with Crippen LogP contribution in [0.4, 0.5) is 0 Å². The summed E-state index contributed by atoms with van der Waals surface area (Å²) in [6.07, 6.45) is 0.964. The average Bonchev–Trinajstić information content (AvgIpc) is 2.47. The van der Waals surface area contributed by atoms with Crippen LogP contribution in [0.15, 0.2) is 18.2 Å². The first kappa shape index (κ1) is 17.3. The van der Waals surface area contributed by atoms with Crippen LogP contribution in [0.5, 0.6) is 11.5 Å². The van der Waals surface area contributed by atoms with Gasteiger partial charge in [-0.25, -0.2) is 0 Å². The van der Waals surface area contributed by atoms with Crippen LogP contribution in [-0.4, -0.2) is 44.8 Å². The van der Waals surface area contributed by atoms with Gasteiger partial charge in [0.1, 0.15) is 11.5 Å². The number of rotatable bonds is 9. The molecule has 118 valence electrons. The van der Waals surface area contributed by atoms with Crippen LogP contribution in [0, 0.1) is 0 Å². The van der Waals surface area contributed by atoms with Crippen molar-refractivity contribution < 1.29 is 19.0 Å². The van der Waals surface area contributed by atoms with Crippen LogP contribution in [0.2, 0.25) is 0 Å². The molecular formula is C16H25NO4. The summed E-state index contributed by atoms with van der Waals surface area (Å²) < 4.78 is 15.6. The van der Waals surface area contributed by atoms with E-state index < -0.39 is 0 Å². The molecule has 0 heterocycles. The standard InChI is InChI=1S/C16H25NO4/c1-5-9-17(12-16(18)21-6-2)11-13-10-14(19-3)7-8-15(13)20-4/h7-8,10H,5-6,9,11-12H2,1-4H3. The number of carbonyl (C=O) groups is 1. The highest BCUT2D eigenvalue weighted by Crippen LogP contribution is 2.25. The van der Waals surface area contributed by atoms with E-state index in [2.05, 4.69) is 11.8 Å². The zero-order valence-electron chi connectivity index (χ0n) is 13.3. The number of ether oxygens (including phenoxy) is 3. The van der Waals surface area contributed by atoms with E-state index in [4.69, 9.17) is 14.2 Å². The summed E-state index contributed by atoms with van der Waals surface area (Å²) >= 11 is 0. The second kappa shape index (κ2) is 9.23. The van der Waals surface area contributed by atoms with Gasteiger partial charge >= 0.3 is 5.97 Å². The molecule has 5 heteroatoms. The third-order valence-electron chi connectivity index (χ3n) is 3.08. The molecule has 0 aliphatic rings. The van der Waals surface area contributed by atoms with Crippen molar-refractivity contribution in [2.45, 2.75) is 26.8 Å². The Hall–Kier alpha value is -1.75. The molecule has 0 aromatic heterocycles. The van der Waals surface area contributed by atoms with Crippen molar-refractivity contribution in [3.63, 3.8) is 0 Å². The fourth-order valence-electron chi connectivity index (χ4n) is 2.17. The summed E-state index contributed by atoms with van der Waals surface area (Å²) in [6.45, 7) is 6.02. The van der Waals surface area contributed by atoms with E-state index in [1.165, 1.54) is 0 Å². The first-order chi connectivity index (χ1) is 10.1. The lowest BCUT2D eigenvalue weighted by molar-refractivity contribution is -0.144. The monoisotopic (exact) mass is 295 g/mol. The molecule has 0 atom stereocenters. The molecule has 0 aliphatic carbocycles. The Morgan fingerprint density at radius 2 is 1.95 bits per heavy atom. The second-order valence-electron chi connectivity index (χ2n) is 4.69. The number of hydrogen-bond donors (Lipinski definition) is 0. The summed E-state index contributed by atoms with van der Waals surface area (Å²) in [7, 11) is 3.27. The minimum Gasteiger partial charge on any atom is -0.497 e. The molecule has 0 bridgehead atoms. The van der Waals surface area contributed by atoms with Crippen molar-refractivity contribution in [2.24, 2.45) is 0 Å². The number of methoxy groups -OCH3 is 2. The molecule has 5 nitrogen and oxygen atoms in total. The highest BCUT2D eigenvalue weighted by atomic mass is 16.5. The molecule has 0 spiro atoms. The van der Waals surface area contributed by atoms with E-state index in [-0.39, 0.29) is 12.5 Å². The van der Waals surface area contributed by atoms with Gasteiger partial charge in [0.15, 0.2) is 0 Å². The highest BCUT2D eigenvalue weighted by Gasteiger charge is 2.14. The second-order valence-corrected chi connectivity index (χ2v) is 4.69. The fraction of sp³-hybridized carbons (Fsp3) is 0.562. The molecule has 0 fully saturated rings. The predicted octanol–water partition coefficient (Wildman–Crippen LogP) is 2.48. The van der Waals surface area contributed by atoms with Crippen LogP contribution in [-0.2, 0) is 16.1 Å². The van der Waals surface area contributed by atoms with Crippen LogP contribution in [0.25, 0.3) is 0 Å². The number of hydrogen-bond acceptors (Lipinski definition) is 5. The van der Waals surface area contributed by atoms with Crippen molar-refractivity contribution in [1.29, 1.82) is 0 Å². The maximum atomic E-state index is 11.7. The van der Waals surface area contributed by atoms with E-state index in [0.717, 1.165) is 30.0 Å². The van der Waals surface area contributed by atoms with Crippen LogP contribution < -0.4 is 9.47 Å². The summed E-state index contributed by atoms with van der Waals surface area (Å²) in [5.41, 5.74) is 0.995. The van der Waals surface area contributed by atoms with Gasteiger partial charge in [0.25, 0.3) is 0 Å². The summed E-state index contributed by atoms with van der Waals surface area (Å²) in [6, 6.07) is 5.67. The molecule has 0 N–H and O–H groups in total. The Kier molecular flexibility index (Phi) is 7.61. The molecule has 1 rings (SSSR count). The molecule has 0 radical (unpaired) electrons. The number of benzene rings is 1. The van der Waals surface area contributed by atoms with Crippen molar-refractivity contribution in [1.82, 2.24) is 4.90 Å². The molecule has 21 heavy (non-hydrogen) atoms. The van der Waals surface area contributed by atoms with Gasteiger partial charge in [-0.2, -0.15) is 0 Å². The lowest BCUT2D eigenvalue weighted by atomic mass is 10.1. The first-order valence-corrected chi connectivity index (χ1v) is 7.23. The largest absolute Gasteiger partial charge is 0.497 e. The normalized spacial score (nSPS) is 10.5. The molecule has 0 aliphatic heterocycles. The van der Waals surface area contributed by atoms with E-state index in [9.17, 15) is 4.79 Å². The maximum Gasteiger partial charge on any atom is 0.320 e. The number of carbonyl (C=O) groups excluding carboxylic acids is 1. The van der Waals surface area contributed by atoms with E-state index in [0.29, 0.717) is 13.2 Å². The van der Waals surface area contributed by atoms with Crippen molar-refractivity contribution in [3.05, 3.63) is 23.8 Å². The van der Waals surface area contributed by atoms with Crippen molar-refractivity contribution in [3.8, 4) is 11.5 Å². The van der Waals surface area contributed by atoms with Gasteiger partial charge in [0.2, 0.25) is 0 Å². The Labute approximate surface area is 126 Å². The zero-order valence-corrected chi connectivity index (χ0v) is 13.3. The minimum atomic E-state index is -0.201. The highest BCUT2D eigenvalue weighted by molar-refractivity contribution is 5.71. The van der Waals surface area contributed by atoms with Gasteiger partial charge < -0.3 is 14.2 Å². The first-order valence-electron chi connectivity index (χ1n) is 7.23. The lowest BCUT2D eigenvalue weighted by Gasteiger charge is -2.22. The molecule has 1 aromatic rings. The predicted molar refractivity (Wildman–Crippen MR) is 81.7 cm³/mol. The van der Waals surface area contributed by atoms with Gasteiger partial charge in [-0.05, 0) is 38.1 Å². The Bertz CT molecular complexity index is 448. The van der Waals surface area contributed by atoms with Crippen LogP contribution >= 0.6 is 0 Å². The summed E-state index contributed by atoms with van der Waals surface area (Å²) in [4.78, 5) is 13.7. The van der Waals surface area contributed by atoms with Crippen molar-refractivity contribution >= 4 is 5.97 Å². The van der Waals surface area contributed by atoms with Crippen molar-refractivity contribution in [2.75, 3.05) is 33.9 Å². The summed E-state index contributed by atoms with van der Waals surface area (Å²) in [5, 5.41) is 0. The third kappa shape index (κ3) is 5.63. The van der Waals surface area contributed by atoms with E-state index in [1.807, 2.05) is 25.1 Å².